The highest BCUT2D eigenvalue weighted by Gasteiger charge is 2.36. The first-order valence-corrected chi connectivity index (χ1v) is 8.18. The number of aryl methyl sites for hydroxylation is 1. The Labute approximate surface area is 154 Å². The van der Waals surface area contributed by atoms with Crippen LogP contribution in [0.1, 0.15) is 46.2 Å². The summed E-state index contributed by atoms with van der Waals surface area (Å²) < 4.78 is 41.3. The molecule has 0 atom stereocenters. The molecule has 8 nitrogen and oxygen atoms in total. The van der Waals surface area contributed by atoms with Gasteiger partial charge in [-0.05, 0) is 18.9 Å². The molecule has 0 unspecified atom stereocenters. The quantitative estimate of drug-likeness (QED) is 0.635. The summed E-state index contributed by atoms with van der Waals surface area (Å²) in [6.45, 7) is 0. The number of nitriles is 1. The van der Waals surface area contributed by atoms with E-state index in [-0.39, 0.29) is 33.9 Å². The zero-order chi connectivity index (χ0) is 20.2. The monoisotopic (exact) mass is 388 g/mol. The molecule has 0 aliphatic heterocycles. The van der Waals surface area contributed by atoms with Crippen LogP contribution in [-0.2, 0) is 13.2 Å². The average Bonchev–Trinajstić information content (AvgIpc) is 3.42. The lowest BCUT2D eigenvalue weighted by Gasteiger charge is -2.09. The van der Waals surface area contributed by atoms with Gasteiger partial charge in [-0.3, -0.25) is 18.8 Å². The first-order valence-electron chi connectivity index (χ1n) is 8.18. The van der Waals surface area contributed by atoms with Crippen molar-refractivity contribution >= 4 is 16.8 Å². The molecule has 142 valence electrons. The van der Waals surface area contributed by atoms with Crippen molar-refractivity contribution < 1.29 is 18.0 Å². The largest absolute Gasteiger partial charge is 0.434 e. The molecular weight excluding hydrogens is 377 g/mol. The number of rotatable bonds is 3. The molecule has 0 radical (unpaired) electrons. The third kappa shape index (κ3) is 2.74. The van der Waals surface area contributed by atoms with Gasteiger partial charge in [-0.25, -0.2) is 9.97 Å². The minimum atomic E-state index is -4.82. The summed E-state index contributed by atoms with van der Waals surface area (Å²) >= 11 is 0. The number of carbonyl (C=O) groups excluding carboxylic acids is 1. The van der Waals surface area contributed by atoms with Gasteiger partial charge in [0.25, 0.3) is 5.56 Å². The summed E-state index contributed by atoms with van der Waals surface area (Å²) in [4.78, 5) is 32.8. The fourth-order valence-corrected chi connectivity index (χ4v) is 2.98. The zero-order valence-corrected chi connectivity index (χ0v) is 14.4. The van der Waals surface area contributed by atoms with Crippen molar-refractivity contribution in [3.8, 4) is 6.07 Å². The molecular formula is C17H11F3N6O2. The zero-order valence-electron chi connectivity index (χ0n) is 14.4. The number of halogens is 3. The van der Waals surface area contributed by atoms with Crippen molar-refractivity contribution in [1.82, 2.24) is 24.3 Å². The third-order valence-corrected chi connectivity index (χ3v) is 4.46. The van der Waals surface area contributed by atoms with E-state index < -0.39 is 23.2 Å². The maximum atomic E-state index is 12.9. The maximum absolute atomic E-state index is 12.9. The van der Waals surface area contributed by atoms with Gasteiger partial charge in [0, 0.05) is 24.8 Å². The fourth-order valence-electron chi connectivity index (χ4n) is 2.98. The number of fused-ring (bicyclic) bond motifs is 1. The highest BCUT2D eigenvalue weighted by Crippen LogP contribution is 2.33. The molecule has 0 bridgehead atoms. The van der Waals surface area contributed by atoms with Gasteiger partial charge in [-0.2, -0.15) is 23.5 Å². The lowest BCUT2D eigenvalue weighted by atomic mass is 10.1. The summed E-state index contributed by atoms with van der Waals surface area (Å²) in [5.41, 5.74) is -2.78. The summed E-state index contributed by atoms with van der Waals surface area (Å²) in [7, 11) is 1.43. The molecule has 1 aliphatic rings. The third-order valence-electron chi connectivity index (χ3n) is 4.46. The van der Waals surface area contributed by atoms with E-state index in [1.807, 2.05) is 0 Å². The second kappa shape index (κ2) is 5.98. The first kappa shape index (κ1) is 17.8. The Balaban J connectivity index is 1.84. The molecule has 11 heteroatoms. The highest BCUT2D eigenvalue weighted by atomic mass is 19.4. The SMILES string of the molecule is Cn1nc2c(=O)n(C3CC3)cnc2c1C(=O)c1cnc(C(F)(F)F)c(C#N)c1. The number of nitrogens with zero attached hydrogens (tertiary/aromatic N) is 6. The molecule has 3 aromatic heterocycles. The van der Waals surface area contributed by atoms with E-state index in [1.54, 1.807) is 0 Å². The number of hydrogen-bond donors (Lipinski definition) is 0. The summed E-state index contributed by atoms with van der Waals surface area (Å²) in [6.07, 6.45) is -1.01. The van der Waals surface area contributed by atoms with Gasteiger partial charge in [0.05, 0.1) is 11.9 Å². The predicted octanol–water partition coefficient (Wildman–Crippen LogP) is 1.98. The average molecular weight is 388 g/mol. The minimum absolute atomic E-state index is 0.000581. The second-order valence-electron chi connectivity index (χ2n) is 6.42. The molecule has 0 amide bonds. The molecule has 28 heavy (non-hydrogen) atoms. The van der Waals surface area contributed by atoms with Crippen LogP contribution < -0.4 is 5.56 Å². The minimum Gasteiger partial charge on any atom is -0.294 e. The van der Waals surface area contributed by atoms with Crippen molar-refractivity contribution in [2.24, 2.45) is 7.05 Å². The van der Waals surface area contributed by atoms with E-state index in [2.05, 4.69) is 15.1 Å². The molecule has 0 saturated heterocycles. The van der Waals surface area contributed by atoms with Gasteiger partial charge >= 0.3 is 6.18 Å². The van der Waals surface area contributed by atoms with Gasteiger partial charge in [0.1, 0.15) is 17.3 Å². The highest BCUT2D eigenvalue weighted by molar-refractivity contribution is 6.14. The standard InChI is InChI=1S/C17H11F3N6O2/c1-25-13(11-12(24-25)16(28)26(7-23-11)10-2-3-10)14(27)9-4-8(5-21)15(22-6-9)17(18,19)20/h4,6-7,10H,2-3H2,1H3. The number of aromatic nitrogens is 5. The second-order valence-corrected chi connectivity index (χ2v) is 6.42. The van der Waals surface area contributed by atoms with Crippen LogP contribution in [0.15, 0.2) is 23.4 Å². The van der Waals surface area contributed by atoms with Gasteiger partial charge < -0.3 is 0 Å². The van der Waals surface area contributed by atoms with E-state index in [9.17, 15) is 22.8 Å². The summed E-state index contributed by atoms with van der Waals surface area (Å²) in [5.74, 6) is -0.737. The van der Waals surface area contributed by atoms with Crippen LogP contribution in [0.4, 0.5) is 13.2 Å². The molecule has 0 aromatic carbocycles. The molecule has 0 N–H and O–H groups in total. The normalized spacial score (nSPS) is 14.2. The molecule has 1 aliphatic carbocycles. The van der Waals surface area contributed by atoms with E-state index in [4.69, 9.17) is 5.26 Å². The number of alkyl halides is 3. The van der Waals surface area contributed by atoms with Crippen LogP contribution in [0.25, 0.3) is 11.0 Å². The molecule has 0 spiro atoms. The lowest BCUT2D eigenvalue weighted by molar-refractivity contribution is -0.141. The summed E-state index contributed by atoms with van der Waals surface area (Å²) in [6, 6.07) is 2.30. The molecule has 4 rings (SSSR count). The van der Waals surface area contributed by atoms with Crippen LogP contribution in [0.2, 0.25) is 0 Å². The molecule has 1 saturated carbocycles. The Hall–Kier alpha value is -3.55. The van der Waals surface area contributed by atoms with Crippen LogP contribution >= 0.6 is 0 Å². The van der Waals surface area contributed by atoms with Crippen LogP contribution in [0.5, 0.6) is 0 Å². The van der Waals surface area contributed by atoms with Gasteiger partial charge in [0.2, 0.25) is 5.78 Å². The summed E-state index contributed by atoms with van der Waals surface area (Å²) in [5, 5.41) is 13.1. The van der Waals surface area contributed by atoms with Crippen molar-refractivity contribution in [3.63, 3.8) is 0 Å². The van der Waals surface area contributed by atoms with E-state index in [1.165, 1.54) is 24.0 Å². The Morgan fingerprint density at radius 3 is 2.61 bits per heavy atom. The van der Waals surface area contributed by atoms with Gasteiger partial charge in [-0.1, -0.05) is 0 Å². The van der Waals surface area contributed by atoms with Gasteiger partial charge in [0.15, 0.2) is 11.2 Å². The van der Waals surface area contributed by atoms with Crippen LogP contribution in [-0.4, -0.2) is 30.1 Å². The molecule has 3 heterocycles. The smallest absolute Gasteiger partial charge is 0.294 e. The lowest BCUT2D eigenvalue weighted by Crippen LogP contribution is -2.19. The van der Waals surface area contributed by atoms with Crippen LogP contribution in [0.3, 0.4) is 0 Å². The topological polar surface area (TPSA) is 106 Å². The number of hydrogen-bond acceptors (Lipinski definition) is 6. The first-order chi connectivity index (χ1) is 13.2. The Morgan fingerprint density at radius 1 is 1.29 bits per heavy atom. The van der Waals surface area contributed by atoms with Crippen LogP contribution in [0, 0.1) is 11.3 Å². The molecule has 1 fully saturated rings. The Bertz CT molecular complexity index is 1230. The molecule has 3 aromatic rings. The van der Waals surface area contributed by atoms with E-state index in [0.29, 0.717) is 0 Å². The van der Waals surface area contributed by atoms with E-state index in [0.717, 1.165) is 29.8 Å². The van der Waals surface area contributed by atoms with Gasteiger partial charge in [-0.15, -0.1) is 0 Å². The maximum Gasteiger partial charge on any atom is 0.434 e. The fraction of sp³-hybridized carbons (Fsp3) is 0.294. The number of ketones is 1. The van der Waals surface area contributed by atoms with Crippen molar-refractivity contribution in [2.45, 2.75) is 25.1 Å². The Kier molecular flexibility index (Phi) is 3.81. The van der Waals surface area contributed by atoms with Crippen molar-refractivity contribution in [3.05, 3.63) is 51.5 Å². The number of pyridine rings is 1. The predicted molar refractivity (Wildman–Crippen MR) is 88.4 cm³/mol. The van der Waals surface area contributed by atoms with Crippen molar-refractivity contribution in [2.75, 3.05) is 0 Å². The van der Waals surface area contributed by atoms with E-state index >= 15 is 0 Å². The Morgan fingerprint density at radius 2 is 2.00 bits per heavy atom. The van der Waals surface area contributed by atoms with Crippen molar-refractivity contribution in [1.29, 1.82) is 5.26 Å². The number of carbonyl (C=O) groups is 1.